The fraction of sp³-hybridized carbons (Fsp3) is 1.00. The average molecular weight is 146 g/mol. The molecule has 0 aliphatic heterocycles. The highest BCUT2D eigenvalue weighted by Gasteiger charge is 1.96. The Balaban J connectivity index is 2.89. The minimum atomic E-state index is 0.330. The largest absolute Gasteiger partial charge is 0.382 e. The predicted molar refractivity (Wildman–Crippen MR) is 42.2 cm³/mol. The van der Waals surface area contributed by atoms with E-state index in [1.165, 1.54) is 0 Å². The van der Waals surface area contributed by atoms with Crippen LogP contribution in [0, 0.1) is 0 Å². The SMILES string of the molecule is CCCOCCC(C)OC. The molecule has 0 bridgehead atoms. The van der Waals surface area contributed by atoms with Gasteiger partial charge in [0.05, 0.1) is 6.10 Å². The molecule has 0 saturated carbocycles. The molecular formula is C8H18O2. The first kappa shape index (κ1) is 9.92. The molecule has 0 aliphatic rings. The van der Waals surface area contributed by atoms with Crippen molar-refractivity contribution in [1.82, 2.24) is 0 Å². The minimum Gasteiger partial charge on any atom is -0.382 e. The Bertz CT molecular complexity index is 64.3. The molecule has 0 N–H and O–H groups in total. The van der Waals surface area contributed by atoms with Crippen molar-refractivity contribution < 1.29 is 9.47 Å². The predicted octanol–water partition coefficient (Wildman–Crippen LogP) is 1.84. The first-order chi connectivity index (χ1) is 4.81. The highest BCUT2D eigenvalue weighted by molar-refractivity contribution is 4.46. The molecule has 0 fully saturated rings. The van der Waals surface area contributed by atoms with Gasteiger partial charge >= 0.3 is 0 Å². The molecule has 0 amide bonds. The zero-order chi connectivity index (χ0) is 7.82. The van der Waals surface area contributed by atoms with Gasteiger partial charge in [-0.1, -0.05) is 6.92 Å². The Morgan fingerprint density at radius 3 is 2.50 bits per heavy atom. The fourth-order valence-corrected chi connectivity index (χ4v) is 0.614. The maximum Gasteiger partial charge on any atom is 0.0565 e. The molecule has 0 aliphatic carbocycles. The van der Waals surface area contributed by atoms with E-state index in [4.69, 9.17) is 9.47 Å². The van der Waals surface area contributed by atoms with Crippen LogP contribution < -0.4 is 0 Å². The maximum atomic E-state index is 5.28. The molecule has 0 aromatic rings. The van der Waals surface area contributed by atoms with Crippen LogP contribution in [0.1, 0.15) is 26.7 Å². The molecule has 0 radical (unpaired) electrons. The standard InChI is InChI=1S/C8H18O2/c1-4-6-10-7-5-8(2)9-3/h8H,4-7H2,1-3H3. The lowest BCUT2D eigenvalue weighted by Crippen LogP contribution is -2.09. The van der Waals surface area contributed by atoms with Gasteiger partial charge in [0, 0.05) is 20.3 Å². The van der Waals surface area contributed by atoms with Gasteiger partial charge in [0.25, 0.3) is 0 Å². The Hall–Kier alpha value is -0.0800. The molecule has 1 atom stereocenters. The Kier molecular flexibility index (Phi) is 6.98. The Labute approximate surface area is 63.5 Å². The second kappa shape index (κ2) is 7.03. The minimum absolute atomic E-state index is 0.330. The van der Waals surface area contributed by atoms with Gasteiger partial charge in [0.2, 0.25) is 0 Å². The van der Waals surface area contributed by atoms with Crippen molar-refractivity contribution in [2.24, 2.45) is 0 Å². The fourth-order valence-electron chi connectivity index (χ4n) is 0.614. The third-order valence-electron chi connectivity index (χ3n) is 1.42. The van der Waals surface area contributed by atoms with Gasteiger partial charge in [-0.05, 0) is 19.8 Å². The third kappa shape index (κ3) is 6.05. The van der Waals surface area contributed by atoms with Gasteiger partial charge in [-0.15, -0.1) is 0 Å². The third-order valence-corrected chi connectivity index (χ3v) is 1.42. The summed E-state index contributed by atoms with van der Waals surface area (Å²) in [5.74, 6) is 0. The molecule has 0 aromatic carbocycles. The second-order valence-corrected chi connectivity index (χ2v) is 2.45. The molecule has 0 aromatic heterocycles. The van der Waals surface area contributed by atoms with Gasteiger partial charge < -0.3 is 9.47 Å². The molecule has 62 valence electrons. The van der Waals surface area contributed by atoms with E-state index in [0.717, 1.165) is 26.1 Å². The molecule has 0 saturated heterocycles. The van der Waals surface area contributed by atoms with E-state index in [0.29, 0.717) is 6.10 Å². The molecule has 2 heteroatoms. The summed E-state index contributed by atoms with van der Waals surface area (Å²) in [6, 6.07) is 0. The summed E-state index contributed by atoms with van der Waals surface area (Å²) in [6.45, 7) is 5.86. The maximum absolute atomic E-state index is 5.28. The van der Waals surface area contributed by atoms with Crippen molar-refractivity contribution in [3.05, 3.63) is 0 Å². The summed E-state index contributed by atoms with van der Waals surface area (Å²) < 4.78 is 10.3. The van der Waals surface area contributed by atoms with E-state index in [9.17, 15) is 0 Å². The van der Waals surface area contributed by atoms with Crippen molar-refractivity contribution in [1.29, 1.82) is 0 Å². The van der Waals surface area contributed by atoms with Crippen LogP contribution in [0.25, 0.3) is 0 Å². The lowest BCUT2D eigenvalue weighted by Gasteiger charge is -2.08. The first-order valence-corrected chi connectivity index (χ1v) is 3.91. The van der Waals surface area contributed by atoms with E-state index in [1.54, 1.807) is 7.11 Å². The quantitative estimate of drug-likeness (QED) is 0.532. The van der Waals surface area contributed by atoms with Crippen LogP contribution in [-0.4, -0.2) is 26.4 Å². The van der Waals surface area contributed by atoms with Crippen molar-refractivity contribution in [3.8, 4) is 0 Å². The van der Waals surface area contributed by atoms with E-state index in [1.807, 2.05) is 0 Å². The van der Waals surface area contributed by atoms with E-state index < -0.39 is 0 Å². The normalized spacial score (nSPS) is 13.5. The molecule has 10 heavy (non-hydrogen) atoms. The number of rotatable bonds is 6. The van der Waals surface area contributed by atoms with Gasteiger partial charge in [-0.3, -0.25) is 0 Å². The van der Waals surface area contributed by atoms with Crippen molar-refractivity contribution in [3.63, 3.8) is 0 Å². The summed E-state index contributed by atoms with van der Waals surface area (Å²) >= 11 is 0. The van der Waals surface area contributed by atoms with Crippen molar-refractivity contribution >= 4 is 0 Å². The van der Waals surface area contributed by atoms with Gasteiger partial charge in [-0.2, -0.15) is 0 Å². The van der Waals surface area contributed by atoms with Gasteiger partial charge in [0.1, 0.15) is 0 Å². The van der Waals surface area contributed by atoms with E-state index >= 15 is 0 Å². The highest BCUT2D eigenvalue weighted by atomic mass is 16.5. The zero-order valence-electron chi connectivity index (χ0n) is 7.22. The summed E-state index contributed by atoms with van der Waals surface area (Å²) in [6.07, 6.45) is 2.43. The summed E-state index contributed by atoms with van der Waals surface area (Å²) in [5, 5.41) is 0. The van der Waals surface area contributed by atoms with Gasteiger partial charge in [-0.25, -0.2) is 0 Å². The Morgan fingerprint density at radius 2 is 2.00 bits per heavy atom. The summed E-state index contributed by atoms with van der Waals surface area (Å²) in [5.41, 5.74) is 0. The average Bonchev–Trinajstić information content (AvgIpc) is 1.98. The van der Waals surface area contributed by atoms with E-state index in [2.05, 4.69) is 13.8 Å². The van der Waals surface area contributed by atoms with Crippen molar-refractivity contribution in [2.45, 2.75) is 32.8 Å². The first-order valence-electron chi connectivity index (χ1n) is 3.91. The van der Waals surface area contributed by atoms with Crippen LogP contribution >= 0.6 is 0 Å². The van der Waals surface area contributed by atoms with Crippen LogP contribution in [0.15, 0.2) is 0 Å². The van der Waals surface area contributed by atoms with Crippen molar-refractivity contribution in [2.75, 3.05) is 20.3 Å². The molecule has 1 unspecified atom stereocenters. The molecule has 2 nitrogen and oxygen atoms in total. The van der Waals surface area contributed by atoms with E-state index in [-0.39, 0.29) is 0 Å². The summed E-state index contributed by atoms with van der Waals surface area (Å²) in [7, 11) is 1.73. The molecular weight excluding hydrogens is 128 g/mol. The number of hydrogen-bond donors (Lipinski definition) is 0. The molecule has 0 heterocycles. The lowest BCUT2D eigenvalue weighted by atomic mass is 10.3. The lowest BCUT2D eigenvalue weighted by molar-refractivity contribution is 0.0619. The number of hydrogen-bond acceptors (Lipinski definition) is 2. The zero-order valence-corrected chi connectivity index (χ0v) is 7.22. The molecule has 0 spiro atoms. The van der Waals surface area contributed by atoms with Crippen LogP contribution in [0.2, 0.25) is 0 Å². The van der Waals surface area contributed by atoms with Crippen LogP contribution in [0.4, 0.5) is 0 Å². The van der Waals surface area contributed by atoms with Crippen LogP contribution in [-0.2, 0) is 9.47 Å². The number of ether oxygens (including phenoxy) is 2. The monoisotopic (exact) mass is 146 g/mol. The smallest absolute Gasteiger partial charge is 0.0565 e. The topological polar surface area (TPSA) is 18.5 Å². The van der Waals surface area contributed by atoms with Crippen LogP contribution in [0.3, 0.4) is 0 Å². The summed E-state index contributed by atoms with van der Waals surface area (Å²) in [4.78, 5) is 0. The van der Waals surface area contributed by atoms with Gasteiger partial charge in [0.15, 0.2) is 0 Å². The molecule has 0 rings (SSSR count). The highest BCUT2D eigenvalue weighted by Crippen LogP contribution is 1.95. The number of methoxy groups -OCH3 is 1. The second-order valence-electron chi connectivity index (χ2n) is 2.45. The Morgan fingerprint density at radius 1 is 1.30 bits per heavy atom. The van der Waals surface area contributed by atoms with Crippen LogP contribution in [0.5, 0.6) is 0 Å².